The molecule has 0 amide bonds. The van der Waals surface area contributed by atoms with Crippen LogP contribution in [0.15, 0.2) is 0 Å². The van der Waals surface area contributed by atoms with Crippen LogP contribution in [0, 0.1) is 5.92 Å². The van der Waals surface area contributed by atoms with Crippen molar-refractivity contribution in [1.29, 1.82) is 0 Å². The molecule has 0 fully saturated rings. The average molecular weight is 158 g/mol. The molecular weight excluding hydrogens is 136 g/mol. The molecule has 0 saturated carbocycles. The minimum atomic E-state index is 0.236. The van der Waals surface area contributed by atoms with Crippen molar-refractivity contribution in [3.8, 4) is 0 Å². The van der Waals surface area contributed by atoms with Crippen LogP contribution in [0.4, 0.5) is 0 Å². The third-order valence-electron chi connectivity index (χ3n) is 2.33. The van der Waals surface area contributed by atoms with Crippen molar-refractivity contribution in [2.24, 2.45) is 11.7 Å². The van der Waals surface area contributed by atoms with E-state index in [1.807, 2.05) is 0 Å². The van der Waals surface area contributed by atoms with Crippen molar-refractivity contribution in [2.75, 3.05) is 13.6 Å². The van der Waals surface area contributed by atoms with Gasteiger partial charge < -0.3 is 5.73 Å². The Hall–Kier alpha value is -0.0800. The van der Waals surface area contributed by atoms with E-state index in [0.29, 0.717) is 5.92 Å². The molecule has 0 aliphatic rings. The van der Waals surface area contributed by atoms with Gasteiger partial charge in [-0.2, -0.15) is 0 Å². The van der Waals surface area contributed by atoms with Crippen molar-refractivity contribution in [3.05, 3.63) is 0 Å². The molecule has 0 rings (SSSR count). The first-order valence-electron chi connectivity index (χ1n) is 4.59. The monoisotopic (exact) mass is 158 g/mol. The summed E-state index contributed by atoms with van der Waals surface area (Å²) in [6.07, 6.45) is 2.69. The fourth-order valence-corrected chi connectivity index (χ4v) is 1.27. The number of hydrogen-bond acceptors (Lipinski definition) is 2. The second-order valence-corrected chi connectivity index (χ2v) is 3.33. The standard InChI is InChI=1S/C9H22N2/c1-5-7-8(3)9(10)11(4)6-2/h8-9H,5-7,10H2,1-4H3. The van der Waals surface area contributed by atoms with E-state index in [0.717, 1.165) is 6.54 Å². The maximum absolute atomic E-state index is 5.98. The molecule has 0 saturated heterocycles. The van der Waals surface area contributed by atoms with E-state index in [1.165, 1.54) is 12.8 Å². The Bertz CT molecular complexity index is 93.6. The van der Waals surface area contributed by atoms with E-state index in [-0.39, 0.29) is 6.17 Å². The van der Waals surface area contributed by atoms with Crippen LogP contribution in [0.3, 0.4) is 0 Å². The Kier molecular flexibility index (Phi) is 5.51. The summed E-state index contributed by atoms with van der Waals surface area (Å²) in [4.78, 5) is 2.19. The Labute approximate surface area is 70.8 Å². The van der Waals surface area contributed by atoms with Crippen LogP contribution < -0.4 is 5.73 Å². The quantitative estimate of drug-likeness (QED) is 0.617. The molecule has 0 bridgehead atoms. The smallest absolute Gasteiger partial charge is 0.0595 e. The first kappa shape index (κ1) is 10.9. The fraction of sp³-hybridized carbons (Fsp3) is 1.00. The van der Waals surface area contributed by atoms with Gasteiger partial charge in [-0.25, -0.2) is 0 Å². The molecule has 0 aromatic rings. The summed E-state index contributed by atoms with van der Waals surface area (Å²) in [5.41, 5.74) is 5.98. The van der Waals surface area contributed by atoms with Crippen molar-refractivity contribution in [3.63, 3.8) is 0 Å². The van der Waals surface area contributed by atoms with Gasteiger partial charge in [0.05, 0.1) is 6.17 Å². The van der Waals surface area contributed by atoms with Gasteiger partial charge >= 0.3 is 0 Å². The SMILES string of the molecule is CCCC(C)C(N)N(C)CC. The fourth-order valence-electron chi connectivity index (χ4n) is 1.27. The third kappa shape index (κ3) is 3.73. The highest BCUT2D eigenvalue weighted by molar-refractivity contribution is 4.67. The van der Waals surface area contributed by atoms with Crippen LogP contribution in [0.25, 0.3) is 0 Å². The van der Waals surface area contributed by atoms with E-state index in [9.17, 15) is 0 Å². The topological polar surface area (TPSA) is 29.3 Å². The molecule has 0 aliphatic heterocycles. The summed E-state index contributed by atoms with van der Waals surface area (Å²) in [6.45, 7) is 7.60. The number of hydrogen-bond donors (Lipinski definition) is 1. The summed E-state index contributed by atoms with van der Waals surface area (Å²) in [7, 11) is 2.08. The largest absolute Gasteiger partial charge is 0.316 e. The number of nitrogens with zero attached hydrogens (tertiary/aromatic N) is 1. The normalized spacial score (nSPS) is 16.9. The van der Waals surface area contributed by atoms with E-state index in [1.54, 1.807) is 0 Å². The summed E-state index contributed by atoms with van der Waals surface area (Å²) in [5, 5.41) is 0. The van der Waals surface area contributed by atoms with Crippen LogP contribution in [-0.4, -0.2) is 24.7 Å². The summed E-state index contributed by atoms with van der Waals surface area (Å²) >= 11 is 0. The summed E-state index contributed by atoms with van der Waals surface area (Å²) < 4.78 is 0. The lowest BCUT2D eigenvalue weighted by Gasteiger charge is -2.28. The van der Waals surface area contributed by atoms with Crippen molar-refractivity contribution in [2.45, 2.75) is 39.8 Å². The van der Waals surface area contributed by atoms with E-state index < -0.39 is 0 Å². The van der Waals surface area contributed by atoms with Gasteiger partial charge in [-0.3, -0.25) is 4.90 Å². The highest BCUT2D eigenvalue weighted by Crippen LogP contribution is 2.10. The second-order valence-electron chi connectivity index (χ2n) is 3.33. The molecule has 0 aromatic carbocycles. The molecule has 2 nitrogen and oxygen atoms in total. The highest BCUT2D eigenvalue weighted by atomic mass is 15.2. The van der Waals surface area contributed by atoms with Crippen molar-refractivity contribution < 1.29 is 0 Å². The van der Waals surface area contributed by atoms with Crippen molar-refractivity contribution in [1.82, 2.24) is 4.90 Å². The van der Waals surface area contributed by atoms with Crippen LogP contribution in [-0.2, 0) is 0 Å². The molecule has 2 unspecified atom stereocenters. The zero-order chi connectivity index (χ0) is 8.85. The number of nitrogens with two attached hydrogens (primary N) is 1. The predicted octanol–water partition coefficient (Wildman–Crippen LogP) is 1.66. The van der Waals surface area contributed by atoms with Gasteiger partial charge in [-0.1, -0.05) is 27.2 Å². The maximum atomic E-state index is 5.98. The average Bonchev–Trinajstić information content (AvgIpc) is 2.02. The molecule has 0 aliphatic carbocycles. The predicted molar refractivity (Wildman–Crippen MR) is 50.4 cm³/mol. The zero-order valence-electron chi connectivity index (χ0n) is 8.30. The molecule has 2 atom stereocenters. The van der Waals surface area contributed by atoms with Gasteiger partial charge in [0.2, 0.25) is 0 Å². The molecule has 0 spiro atoms. The van der Waals surface area contributed by atoms with Crippen LogP contribution >= 0.6 is 0 Å². The Morgan fingerprint density at radius 3 is 2.27 bits per heavy atom. The lowest BCUT2D eigenvalue weighted by molar-refractivity contribution is 0.189. The third-order valence-corrected chi connectivity index (χ3v) is 2.33. The molecular formula is C9H22N2. The first-order chi connectivity index (χ1) is 5.13. The van der Waals surface area contributed by atoms with Gasteiger partial charge in [0.1, 0.15) is 0 Å². The molecule has 2 N–H and O–H groups in total. The molecule has 0 aromatic heterocycles. The van der Waals surface area contributed by atoms with Crippen molar-refractivity contribution >= 4 is 0 Å². The van der Waals surface area contributed by atoms with Gasteiger partial charge in [-0.15, -0.1) is 0 Å². The lowest BCUT2D eigenvalue weighted by Crippen LogP contribution is -2.43. The Balaban J connectivity index is 3.70. The minimum Gasteiger partial charge on any atom is -0.316 e. The van der Waals surface area contributed by atoms with Gasteiger partial charge in [-0.05, 0) is 25.9 Å². The molecule has 0 radical (unpaired) electrons. The second kappa shape index (κ2) is 5.56. The van der Waals surface area contributed by atoms with Gasteiger partial charge in [0.15, 0.2) is 0 Å². The molecule has 2 heteroatoms. The van der Waals surface area contributed by atoms with Gasteiger partial charge in [0.25, 0.3) is 0 Å². The van der Waals surface area contributed by atoms with E-state index in [2.05, 4.69) is 32.7 Å². The van der Waals surface area contributed by atoms with Crippen LogP contribution in [0.2, 0.25) is 0 Å². The minimum absolute atomic E-state index is 0.236. The van der Waals surface area contributed by atoms with Crippen LogP contribution in [0.5, 0.6) is 0 Å². The Morgan fingerprint density at radius 1 is 1.36 bits per heavy atom. The first-order valence-corrected chi connectivity index (χ1v) is 4.59. The van der Waals surface area contributed by atoms with E-state index in [4.69, 9.17) is 5.73 Å². The highest BCUT2D eigenvalue weighted by Gasteiger charge is 2.14. The summed E-state index contributed by atoms with van der Waals surface area (Å²) in [5.74, 6) is 0.616. The maximum Gasteiger partial charge on any atom is 0.0595 e. The van der Waals surface area contributed by atoms with Crippen LogP contribution in [0.1, 0.15) is 33.6 Å². The summed E-state index contributed by atoms with van der Waals surface area (Å²) in [6, 6.07) is 0. The number of rotatable bonds is 5. The molecule has 68 valence electrons. The van der Waals surface area contributed by atoms with Gasteiger partial charge in [0, 0.05) is 0 Å². The van der Waals surface area contributed by atoms with E-state index >= 15 is 0 Å². The molecule has 0 heterocycles. The Morgan fingerprint density at radius 2 is 1.91 bits per heavy atom. The molecule has 11 heavy (non-hydrogen) atoms. The zero-order valence-corrected chi connectivity index (χ0v) is 8.30. The lowest BCUT2D eigenvalue weighted by atomic mass is 10.0.